The molecule has 3 N–H and O–H groups in total. The Kier molecular flexibility index (Phi) is 3.81. The third kappa shape index (κ3) is 2.94. The first-order valence-electron chi connectivity index (χ1n) is 7.23. The molecule has 1 unspecified atom stereocenters. The fourth-order valence-electron chi connectivity index (χ4n) is 2.51. The zero-order valence-electron chi connectivity index (χ0n) is 12.4. The third-order valence-corrected chi connectivity index (χ3v) is 4.13. The van der Waals surface area contributed by atoms with Gasteiger partial charge in [-0.25, -0.2) is 9.48 Å². The van der Waals surface area contributed by atoms with E-state index in [-0.39, 0.29) is 11.4 Å². The van der Waals surface area contributed by atoms with Crippen LogP contribution < -0.4 is 10.6 Å². The van der Waals surface area contributed by atoms with Gasteiger partial charge < -0.3 is 10.4 Å². The first-order valence-corrected chi connectivity index (χ1v) is 7.23. The molecule has 1 fully saturated rings. The summed E-state index contributed by atoms with van der Waals surface area (Å²) in [4.78, 5) is 15.8. The minimum Gasteiger partial charge on any atom is -0.388 e. The predicted octanol–water partition coefficient (Wildman–Crippen LogP) is 1.45. The molecule has 0 spiro atoms. The summed E-state index contributed by atoms with van der Waals surface area (Å²) in [6, 6.07) is 9.20. The molecule has 22 heavy (non-hydrogen) atoms. The lowest BCUT2D eigenvalue weighted by Gasteiger charge is -2.23. The van der Waals surface area contributed by atoms with Crippen LogP contribution in [-0.2, 0) is 7.05 Å². The molecule has 7 heteroatoms. The average molecular weight is 301 g/mol. The van der Waals surface area contributed by atoms with Crippen LogP contribution in [0.5, 0.6) is 0 Å². The van der Waals surface area contributed by atoms with Crippen molar-refractivity contribution in [3.63, 3.8) is 0 Å². The number of aliphatic hydroxyl groups is 1. The molecule has 116 valence electrons. The van der Waals surface area contributed by atoms with Gasteiger partial charge in [0.15, 0.2) is 0 Å². The molecule has 1 aromatic heterocycles. The van der Waals surface area contributed by atoms with E-state index in [9.17, 15) is 9.90 Å². The molecule has 7 nitrogen and oxygen atoms in total. The van der Waals surface area contributed by atoms with Crippen LogP contribution in [0.4, 0.5) is 10.7 Å². The highest BCUT2D eigenvalue weighted by atomic mass is 16.3. The number of rotatable bonds is 5. The zero-order chi connectivity index (χ0) is 15.6. The number of aryl methyl sites for hydroxylation is 1. The van der Waals surface area contributed by atoms with E-state index in [4.69, 9.17) is 0 Å². The lowest BCUT2D eigenvalue weighted by Crippen LogP contribution is -2.36. The van der Waals surface area contributed by atoms with Crippen molar-refractivity contribution in [3.05, 3.63) is 42.2 Å². The third-order valence-electron chi connectivity index (χ3n) is 4.13. The van der Waals surface area contributed by atoms with Crippen molar-refractivity contribution in [1.82, 2.24) is 20.1 Å². The summed E-state index contributed by atoms with van der Waals surface area (Å²) in [5, 5.41) is 19.8. The molecule has 1 heterocycles. The summed E-state index contributed by atoms with van der Waals surface area (Å²) in [5.41, 5.74) is 0.619. The van der Waals surface area contributed by atoms with Crippen LogP contribution in [0.2, 0.25) is 0 Å². The minimum absolute atomic E-state index is 0.265. The number of urea groups is 1. The van der Waals surface area contributed by atoms with Crippen molar-refractivity contribution in [3.8, 4) is 0 Å². The quantitative estimate of drug-likeness (QED) is 0.779. The molecular formula is C15H19N5O2. The van der Waals surface area contributed by atoms with Crippen molar-refractivity contribution < 1.29 is 9.90 Å². The Hall–Kier alpha value is -2.41. The van der Waals surface area contributed by atoms with Crippen molar-refractivity contribution >= 4 is 12.0 Å². The Bertz CT molecular complexity index is 651. The van der Waals surface area contributed by atoms with Gasteiger partial charge in [-0.15, -0.1) is 0 Å². The van der Waals surface area contributed by atoms with Crippen LogP contribution in [0.3, 0.4) is 0 Å². The number of carbonyl (C=O) groups excluding carboxylic acids is 1. The molecule has 1 aromatic carbocycles. The number of hydrogen-bond acceptors (Lipinski definition) is 4. The summed E-state index contributed by atoms with van der Waals surface area (Å²) in [7, 11) is 1.70. The number of aliphatic hydroxyl groups excluding tert-OH is 1. The van der Waals surface area contributed by atoms with E-state index in [2.05, 4.69) is 20.7 Å². The van der Waals surface area contributed by atoms with Crippen molar-refractivity contribution in [1.29, 1.82) is 0 Å². The normalized spacial score (nSPS) is 16.8. The van der Waals surface area contributed by atoms with Crippen LogP contribution in [0.1, 0.15) is 24.5 Å². The minimum atomic E-state index is -0.566. The molecule has 1 atom stereocenters. The first-order chi connectivity index (χ1) is 10.6. The second-order valence-corrected chi connectivity index (χ2v) is 5.69. The molecule has 2 amide bonds. The lowest BCUT2D eigenvalue weighted by molar-refractivity contribution is 0.0936. The zero-order valence-corrected chi connectivity index (χ0v) is 12.4. The molecule has 0 bridgehead atoms. The van der Waals surface area contributed by atoms with Crippen LogP contribution in [-0.4, -0.2) is 32.4 Å². The van der Waals surface area contributed by atoms with E-state index < -0.39 is 6.10 Å². The molecule has 1 aliphatic rings. The number of nitrogens with zero attached hydrogens (tertiary/aromatic N) is 3. The molecule has 2 aromatic rings. The molecule has 0 saturated heterocycles. The van der Waals surface area contributed by atoms with Gasteiger partial charge in [-0.3, -0.25) is 5.32 Å². The summed E-state index contributed by atoms with van der Waals surface area (Å²) >= 11 is 0. The van der Waals surface area contributed by atoms with Gasteiger partial charge in [0.05, 0.1) is 6.10 Å². The summed E-state index contributed by atoms with van der Waals surface area (Å²) in [6.07, 6.45) is 2.60. The van der Waals surface area contributed by atoms with Gasteiger partial charge in [-0.2, -0.15) is 10.1 Å². The average Bonchev–Trinajstić information content (AvgIpc) is 3.24. The Morgan fingerprint density at radius 2 is 2.14 bits per heavy atom. The Balaban J connectivity index is 1.57. The molecule has 1 saturated carbocycles. The maximum absolute atomic E-state index is 11.9. The Morgan fingerprint density at radius 3 is 2.73 bits per heavy atom. The second-order valence-electron chi connectivity index (χ2n) is 5.69. The SMILES string of the molecule is Cn1ncnc1NC(=O)NCC1(C(O)c2ccccc2)CC1. The lowest BCUT2D eigenvalue weighted by atomic mass is 9.93. The summed E-state index contributed by atoms with van der Waals surface area (Å²) in [6.45, 7) is 0.423. The standard InChI is InChI=1S/C15H19N5O2/c1-20-13(17-10-18-20)19-14(22)16-9-15(7-8-15)12(21)11-5-3-2-4-6-11/h2-6,10,12,21H,7-9H2,1H3,(H2,16,17,18,19,22). The number of carbonyl (C=O) groups is 1. The van der Waals surface area contributed by atoms with Gasteiger partial charge in [0.1, 0.15) is 6.33 Å². The Labute approximate surface area is 128 Å². The van der Waals surface area contributed by atoms with Gasteiger partial charge in [0.25, 0.3) is 0 Å². The van der Waals surface area contributed by atoms with Crippen molar-refractivity contribution in [2.24, 2.45) is 12.5 Å². The van der Waals surface area contributed by atoms with Gasteiger partial charge in [-0.1, -0.05) is 30.3 Å². The highest BCUT2D eigenvalue weighted by Gasteiger charge is 2.49. The Morgan fingerprint density at radius 1 is 1.41 bits per heavy atom. The fraction of sp³-hybridized carbons (Fsp3) is 0.400. The van der Waals surface area contributed by atoms with Gasteiger partial charge in [0, 0.05) is 19.0 Å². The second kappa shape index (κ2) is 5.76. The van der Waals surface area contributed by atoms with E-state index in [0.29, 0.717) is 12.5 Å². The van der Waals surface area contributed by atoms with E-state index in [1.807, 2.05) is 30.3 Å². The van der Waals surface area contributed by atoms with E-state index >= 15 is 0 Å². The molecule has 0 aliphatic heterocycles. The fourth-order valence-corrected chi connectivity index (χ4v) is 2.51. The van der Waals surface area contributed by atoms with Crippen LogP contribution in [0.25, 0.3) is 0 Å². The van der Waals surface area contributed by atoms with Crippen molar-refractivity contribution in [2.75, 3.05) is 11.9 Å². The van der Waals surface area contributed by atoms with Crippen LogP contribution in [0, 0.1) is 5.41 Å². The number of nitrogens with one attached hydrogen (secondary N) is 2. The topological polar surface area (TPSA) is 92.1 Å². The van der Waals surface area contributed by atoms with Crippen LogP contribution >= 0.6 is 0 Å². The van der Waals surface area contributed by atoms with E-state index in [1.165, 1.54) is 11.0 Å². The molecular weight excluding hydrogens is 282 g/mol. The van der Waals surface area contributed by atoms with E-state index in [1.54, 1.807) is 7.05 Å². The number of anilines is 1. The molecule has 0 radical (unpaired) electrons. The summed E-state index contributed by atoms with van der Waals surface area (Å²) < 4.78 is 1.48. The number of amides is 2. The summed E-state index contributed by atoms with van der Waals surface area (Å²) in [5.74, 6) is 0.381. The first kappa shape index (κ1) is 14.5. The highest BCUT2D eigenvalue weighted by Crippen LogP contribution is 2.54. The molecule has 3 rings (SSSR count). The smallest absolute Gasteiger partial charge is 0.321 e. The maximum atomic E-state index is 11.9. The van der Waals surface area contributed by atoms with Gasteiger partial charge in [-0.05, 0) is 18.4 Å². The van der Waals surface area contributed by atoms with Crippen molar-refractivity contribution in [2.45, 2.75) is 18.9 Å². The highest BCUT2D eigenvalue weighted by molar-refractivity contribution is 5.87. The molecule has 1 aliphatic carbocycles. The van der Waals surface area contributed by atoms with E-state index in [0.717, 1.165) is 18.4 Å². The van der Waals surface area contributed by atoms with Gasteiger partial charge >= 0.3 is 6.03 Å². The largest absolute Gasteiger partial charge is 0.388 e. The number of benzene rings is 1. The number of hydrogen-bond donors (Lipinski definition) is 3. The van der Waals surface area contributed by atoms with Gasteiger partial charge in [0.2, 0.25) is 5.95 Å². The van der Waals surface area contributed by atoms with Crippen LogP contribution in [0.15, 0.2) is 36.7 Å². The predicted molar refractivity (Wildman–Crippen MR) is 81.1 cm³/mol. The monoisotopic (exact) mass is 301 g/mol. The maximum Gasteiger partial charge on any atom is 0.321 e. The number of aromatic nitrogens is 3.